The van der Waals surface area contributed by atoms with Crippen molar-refractivity contribution < 1.29 is 8.81 Å². The van der Waals surface area contributed by atoms with Gasteiger partial charge in [-0.25, -0.2) is 4.39 Å². The molecule has 0 radical (unpaired) electrons. The van der Waals surface area contributed by atoms with Crippen molar-refractivity contribution in [3.63, 3.8) is 0 Å². The van der Waals surface area contributed by atoms with Crippen LogP contribution in [0.25, 0.3) is 0 Å². The van der Waals surface area contributed by atoms with Crippen LogP contribution in [-0.2, 0) is 0 Å². The highest BCUT2D eigenvalue weighted by atomic mass is 19.1. The van der Waals surface area contributed by atoms with Crippen molar-refractivity contribution in [2.24, 2.45) is 0 Å². The molecule has 1 atom stereocenters. The van der Waals surface area contributed by atoms with Gasteiger partial charge in [0.1, 0.15) is 23.4 Å². The molecule has 0 saturated carbocycles. The number of nitrogens with one attached hydrogen (secondary N) is 1. The van der Waals surface area contributed by atoms with Crippen LogP contribution in [0.3, 0.4) is 0 Å². The number of benzene rings is 1. The zero-order valence-corrected chi connectivity index (χ0v) is 11.1. The first kappa shape index (κ1) is 13.2. The van der Waals surface area contributed by atoms with Gasteiger partial charge in [-0.05, 0) is 45.0 Å². The molecule has 1 aromatic heterocycles. The van der Waals surface area contributed by atoms with Crippen LogP contribution in [0.1, 0.15) is 35.6 Å². The van der Waals surface area contributed by atoms with Gasteiger partial charge in [-0.1, -0.05) is 0 Å². The van der Waals surface area contributed by atoms with Crippen LogP contribution in [0.5, 0.6) is 0 Å². The Bertz CT molecular complexity index is 640. The van der Waals surface area contributed by atoms with Crippen LogP contribution in [0.15, 0.2) is 28.7 Å². The predicted octanol–water partition coefficient (Wildman–Crippen LogP) is 4.08. The number of rotatable bonds is 3. The molecule has 4 heteroatoms. The lowest BCUT2D eigenvalue weighted by Gasteiger charge is -2.14. The first-order valence-corrected chi connectivity index (χ1v) is 6.04. The van der Waals surface area contributed by atoms with Crippen LogP contribution in [0.2, 0.25) is 0 Å². The number of hydrogen-bond acceptors (Lipinski definition) is 3. The Kier molecular flexibility index (Phi) is 3.57. The van der Waals surface area contributed by atoms with E-state index in [4.69, 9.17) is 9.68 Å². The molecule has 0 saturated heterocycles. The number of furan rings is 1. The van der Waals surface area contributed by atoms with Gasteiger partial charge in [0, 0.05) is 11.3 Å². The maximum atomic E-state index is 13.5. The summed E-state index contributed by atoms with van der Waals surface area (Å²) in [4.78, 5) is 0. The molecule has 0 bridgehead atoms. The summed E-state index contributed by atoms with van der Waals surface area (Å²) in [6, 6.07) is 8.27. The molecule has 2 rings (SSSR count). The van der Waals surface area contributed by atoms with E-state index in [1.807, 2.05) is 26.8 Å². The lowest BCUT2D eigenvalue weighted by Crippen LogP contribution is -2.07. The van der Waals surface area contributed by atoms with E-state index >= 15 is 0 Å². The van der Waals surface area contributed by atoms with Gasteiger partial charge in [-0.3, -0.25) is 0 Å². The lowest BCUT2D eigenvalue weighted by molar-refractivity contribution is 0.500. The standard InChI is InChI=1S/C15H15FN2O/c1-9-6-14(11(3)19-9)10(2)18-13-5-4-12(8-17)15(16)7-13/h4-7,10,18H,1-3H3. The van der Waals surface area contributed by atoms with Crippen LogP contribution < -0.4 is 5.32 Å². The second kappa shape index (κ2) is 5.15. The van der Waals surface area contributed by atoms with E-state index in [9.17, 15) is 4.39 Å². The molecule has 1 unspecified atom stereocenters. The highest BCUT2D eigenvalue weighted by Crippen LogP contribution is 2.25. The van der Waals surface area contributed by atoms with Gasteiger partial charge in [-0.2, -0.15) is 5.26 Å². The molecule has 0 aliphatic carbocycles. The fraction of sp³-hybridized carbons (Fsp3) is 0.267. The summed E-state index contributed by atoms with van der Waals surface area (Å²) in [7, 11) is 0. The molecule has 0 spiro atoms. The number of aryl methyl sites for hydroxylation is 2. The van der Waals surface area contributed by atoms with E-state index in [0.717, 1.165) is 17.1 Å². The molecule has 1 N–H and O–H groups in total. The average Bonchev–Trinajstić information content (AvgIpc) is 2.69. The van der Waals surface area contributed by atoms with Crippen LogP contribution in [0, 0.1) is 31.0 Å². The molecule has 0 aliphatic rings. The van der Waals surface area contributed by atoms with Gasteiger partial charge in [0.2, 0.25) is 0 Å². The summed E-state index contributed by atoms with van der Waals surface area (Å²) in [6.07, 6.45) is 0. The average molecular weight is 258 g/mol. The Morgan fingerprint density at radius 3 is 2.58 bits per heavy atom. The number of anilines is 1. The quantitative estimate of drug-likeness (QED) is 0.902. The second-order valence-electron chi connectivity index (χ2n) is 4.54. The topological polar surface area (TPSA) is 49.0 Å². The molecular formula is C15H15FN2O. The zero-order chi connectivity index (χ0) is 14.0. The Balaban J connectivity index is 2.20. The highest BCUT2D eigenvalue weighted by Gasteiger charge is 2.13. The van der Waals surface area contributed by atoms with Crippen molar-refractivity contribution in [1.29, 1.82) is 5.26 Å². The smallest absolute Gasteiger partial charge is 0.143 e. The molecule has 2 aromatic rings. The maximum Gasteiger partial charge on any atom is 0.143 e. The summed E-state index contributed by atoms with van der Waals surface area (Å²) >= 11 is 0. The van der Waals surface area contributed by atoms with Gasteiger partial charge in [-0.15, -0.1) is 0 Å². The fourth-order valence-corrected chi connectivity index (χ4v) is 2.10. The maximum absolute atomic E-state index is 13.5. The van der Waals surface area contributed by atoms with Gasteiger partial charge < -0.3 is 9.73 Å². The molecule has 0 fully saturated rings. The SMILES string of the molecule is Cc1cc(C(C)Nc2ccc(C#N)c(F)c2)c(C)o1. The molecule has 0 aliphatic heterocycles. The third-order valence-electron chi connectivity index (χ3n) is 3.02. The van der Waals surface area contributed by atoms with Gasteiger partial charge in [0.05, 0.1) is 11.6 Å². The van der Waals surface area contributed by atoms with Crippen molar-refractivity contribution in [1.82, 2.24) is 0 Å². The third kappa shape index (κ3) is 2.76. The van der Waals surface area contributed by atoms with Gasteiger partial charge >= 0.3 is 0 Å². The number of nitriles is 1. The molecule has 1 aromatic carbocycles. The first-order valence-electron chi connectivity index (χ1n) is 6.04. The lowest BCUT2D eigenvalue weighted by atomic mass is 10.1. The largest absolute Gasteiger partial charge is 0.466 e. The van der Waals surface area contributed by atoms with Gasteiger partial charge in [0.25, 0.3) is 0 Å². The van der Waals surface area contributed by atoms with E-state index in [1.165, 1.54) is 12.1 Å². The molecule has 1 heterocycles. The highest BCUT2D eigenvalue weighted by molar-refractivity contribution is 5.49. The van der Waals surface area contributed by atoms with E-state index < -0.39 is 5.82 Å². The minimum Gasteiger partial charge on any atom is -0.466 e. The van der Waals surface area contributed by atoms with Crippen molar-refractivity contribution in [3.8, 4) is 6.07 Å². The predicted molar refractivity (Wildman–Crippen MR) is 71.3 cm³/mol. The van der Waals surface area contributed by atoms with E-state index in [-0.39, 0.29) is 11.6 Å². The Morgan fingerprint density at radius 2 is 2.05 bits per heavy atom. The number of nitrogens with zero attached hydrogens (tertiary/aromatic N) is 1. The molecule has 98 valence electrons. The summed E-state index contributed by atoms with van der Waals surface area (Å²) in [5.74, 6) is 1.19. The molecule has 19 heavy (non-hydrogen) atoms. The summed E-state index contributed by atoms with van der Waals surface area (Å²) in [6.45, 7) is 5.78. The minimum atomic E-state index is -0.514. The van der Waals surface area contributed by atoms with Crippen LogP contribution in [0.4, 0.5) is 10.1 Å². The Morgan fingerprint density at radius 1 is 1.32 bits per heavy atom. The summed E-state index contributed by atoms with van der Waals surface area (Å²) in [5, 5.41) is 11.9. The number of halogens is 1. The van der Waals surface area contributed by atoms with Crippen molar-refractivity contribution in [3.05, 3.63) is 52.7 Å². The molecule has 3 nitrogen and oxygen atoms in total. The van der Waals surface area contributed by atoms with Gasteiger partial charge in [0.15, 0.2) is 0 Å². The Labute approximate surface area is 111 Å². The zero-order valence-electron chi connectivity index (χ0n) is 11.1. The summed E-state index contributed by atoms with van der Waals surface area (Å²) in [5.41, 5.74) is 1.73. The fourth-order valence-electron chi connectivity index (χ4n) is 2.10. The van der Waals surface area contributed by atoms with Crippen molar-refractivity contribution >= 4 is 5.69 Å². The number of hydrogen-bond donors (Lipinski definition) is 1. The van der Waals surface area contributed by atoms with E-state index in [2.05, 4.69) is 5.32 Å². The minimum absolute atomic E-state index is 0.00443. The third-order valence-corrected chi connectivity index (χ3v) is 3.02. The normalized spacial score (nSPS) is 11.9. The van der Waals surface area contributed by atoms with Crippen LogP contribution >= 0.6 is 0 Å². The van der Waals surface area contributed by atoms with E-state index in [0.29, 0.717) is 5.69 Å². The van der Waals surface area contributed by atoms with E-state index in [1.54, 1.807) is 12.1 Å². The first-order chi connectivity index (χ1) is 9.01. The summed E-state index contributed by atoms with van der Waals surface area (Å²) < 4.78 is 19.0. The second-order valence-corrected chi connectivity index (χ2v) is 4.54. The molecule has 0 amide bonds. The van der Waals surface area contributed by atoms with Crippen molar-refractivity contribution in [2.75, 3.05) is 5.32 Å². The monoisotopic (exact) mass is 258 g/mol. The molecular weight excluding hydrogens is 243 g/mol. The van der Waals surface area contributed by atoms with Crippen molar-refractivity contribution in [2.45, 2.75) is 26.8 Å². The Hall–Kier alpha value is -2.28. The van der Waals surface area contributed by atoms with Crippen LogP contribution in [-0.4, -0.2) is 0 Å².